The lowest BCUT2D eigenvalue weighted by molar-refractivity contribution is 0.316. The molecule has 88 valence electrons. The van der Waals surface area contributed by atoms with Crippen LogP contribution in [-0.4, -0.2) is 17.1 Å². The molecule has 0 radical (unpaired) electrons. The minimum absolute atomic E-state index is 0.0565. The highest BCUT2D eigenvalue weighted by molar-refractivity contribution is 6.31. The number of oxime groups is 1. The van der Waals surface area contributed by atoms with Crippen molar-refractivity contribution in [2.24, 2.45) is 10.9 Å². The SMILES string of the molecule is CC(CC(N)=NO)Nc1cccc(Cl)c1F. The van der Waals surface area contributed by atoms with Crippen molar-refractivity contribution >= 4 is 23.1 Å². The van der Waals surface area contributed by atoms with Gasteiger partial charge in [0.1, 0.15) is 5.84 Å². The maximum Gasteiger partial charge on any atom is 0.164 e. The lowest BCUT2D eigenvalue weighted by Crippen LogP contribution is -2.24. The number of rotatable bonds is 4. The summed E-state index contributed by atoms with van der Waals surface area (Å²) in [5, 5.41) is 14.2. The summed E-state index contributed by atoms with van der Waals surface area (Å²) in [4.78, 5) is 0. The molecule has 6 heteroatoms. The highest BCUT2D eigenvalue weighted by atomic mass is 35.5. The number of hydrogen-bond acceptors (Lipinski definition) is 3. The van der Waals surface area contributed by atoms with Crippen molar-refractivity contribution in [3.05, 3.63) is 29.0 Å². The lowest BCUT2D eigenvalue weighted by Gasteiger charge is -2.15. The van der Waals surface area contributed by atoms with Crippen molar-refractivity contribution in [2.45, 2.75) is 19.4 Å². The summed E-state index contributed by atoms with van der Waals surface area (Å²) >= 11 is 5.63. The molecule has 0 fully saturated rings. The van der Waals surface area contributed by atoms with Crippen LogP contribution in [0.4, 0.5) is 10.1 Å². The summed E-state index contributed by atoms with van der Waals surface area (Å²) in [5.74, 6) is -0.419. The number of halogens is 2. The zero-order valence-electron chi connectivity index (χ0n) is 8.74. The van der Waals surface area contributed by atoms with Gasteiger partial charge in [-0.05, 0) is 19.1 Å². The summed E-state index contributed by atoms with van der Waals surface area (Å²) in [6, 6.07) is 4.52. The van der Waals surface area contributed by atoms with Crippen LogP contribution < -0.4 is 11.1 Å². The minimum Gasteiger partial charge on any atom is -0.409 e. The van der Waals surface area contributed by atoms with E-state index in [9.17, 15) is 4.39 Å². The van der Waals surface area contributed by atoms with E-state index in [0.29, 0.717) is 12.1 Å². The highest BCUT2D eigenvalue weighted by Crippen LogP contribution is 2.22. The smallest absolute Gasteiger partial charge is 0.164 e. The van der Waals surface area contributed by atoms with E-state index in [1.165, 1.54) is 6.07 Å². The van der Waals surface area contributed by atoms with Crippen LogP contribution in [0.3, 0.4) is 0 Å². The molecule has 0 heterocycles. The molecule has 0 spiro atoms. The van der Waals surface area contributed by atoms with Crippen LogP contribution in [0.25, 0.3) is 0 Å². The molecule has 1 aromatic carbocycles. The summed E-state index contributed by atoms with van der Waals surface area (Å²) in [7, 11) is 0. The van der Waals surface area contributed by atoms with E-state index in [1.807, 2.05) is 0 Å². The molecule has 0 aliphatic carbocycles. The van der Waals surface area contributed by atoms with Crippen molar-refractivity contribution in [1.29, 1.82) is 0 Å². The van der Waals surface area contributed by atoms with E-state index in [-0.39, 0.29) is 16.9 Å². The molecule has 0 saturated carbocycles. The molecule has 1 atom stereocenters. The fourth-order valence-electron chi connectivity index (χ4n) is 1.29. The predicted molar refractivity (Wildman–Crippen MR) is 62.5 cm³/mol. The van der Waals surface area contributed by atoms with Gasteiger partial charge in [0.15, 0.2) is 5.82 Å². The molecule has 0 aliphatic rings. The van der Waals surface area contributed by atoms with Crippen LogP contribution in [0.5, 0.6) is 0 Å². The number of hydrogen-bond donors (Lipinski definition) is 3. The van der Waals surface area contributed by atoms with E-state index in [4.69, 9.17) is 22.5 Å². The molecule has 1 unspecified atom stereocenters. The zero-order valence-corrected chi connectivity index (χ0v) is 9.50. The third-order valence-corrected chi connectivity index (χ3v) is 2.29. The Morgan fingerprint density at radius 2 is 2.38 bits per heavy atom. The summed E-state index contributed by atoms with van der Waals surface area (Å²) < 4.78 is 13.5. The number of benzene rings is 1. The molecule has 4 nitrogen and oxygen atoms in total. The molecular formula is C10H13ClFN3O. The fourth-order valence-corrected chi connectivity index (χ4v) is 1.46. The van der Waals surface area contributed by atoms with Gasteiger partial charge in [0.25, 0.3) is 0 Å². The first-order valence-electron chi connectivity index (χ1n) is 4.71. The Morgan fingerprint density at radius 1 is 1.69 bits per heavy atom. The van der Waals surface area contributed by atoms with Gasteiger partial charge in [-0.3, -0.25) is 0 Å². The Balaban J connectivity index is 2.70. The molecule has 1 rings (SSSR count). The molecule has 0 saturated heterocycles. The second-order valence-corrected chi connectivity index (χ2v) is 3.85. The Bertz CT molecular complexity index is 398. The monoisotopic (exact) mass is 245 g/mol. The number of nitrogens with zero attached hydrogens (tertiary/aromatic N) is 1. The van der Waals surface area contributed by atoms with Crippen molar-refractivity contribution in [1.82, 2.24) is 0 Å². The van der Waals surface area contributed by atoms with E-state index in [1.54, 1.807) is 19.1 Å². The molecule has 16 heavy (non-hydrogen) atoms. The van der Waals surface area contributed by atoms with Gasteiger partial charge in [0, 0.05) is 12.5 Å². The van der Waals surface area contributed by atoms with Gasteiger partial charge in [-0.25, -0.2) is 4.39 Å². The van der Waals surface area contributed by atoms with Crippen LogP contribution in [0, 0.1) is 5.82 Å². The van der Waals surface area contributed by atoms with Crippen LogP contribution in [0.1, 0.15) is 13.3 Å². The standard InChI is InChI=1S/C10H13ClFN3O/c1-6(5-9(13)15-16)14-8-4-2-3-7(11)10(8)12/h2-4,6,14,16H,5H2,1H3,(H2,13,15). The predicted octanol–water partition coefficient (Wildman–Crippen LogP) is 2.42. The molecule has 0 aromatic heterocycles. The Hall–Kier alpha value is -1.49. The third kappa shape index (κ3) is 3.27. The maximum atomic E-state index is 13.5. The number of anilines is 1. The Kier molecular flexibility index (Phi) is 4.37. The first-order valence-corrected chi connectivity index (χ1v) is 5.09. The second-order valence-electron chi connectivity index (χ2n) is 3.44. The van der Waals surface area contributed by atoms with Gasteiger partial charge in [0.2, 0.25) is 0 Å². The van der Waals surface area contributed by atoms with E-state index < -0.39 is 5.82 Å². The second kappa shape index (κ2) is 5.55. The number of amidine groups is 1. The topological polar surface area (TPSA) is 70.6 Å². The van der Waals surface area contributed by atoms with Gasteiger partial charge in [0.05, 0.1) is 10.7 Å². The van der Waals surface area contributed by atoms with Crippen molar-refractivity contribution in [2.75, 3.05) is 5.32 Å². The van der Waals surface area contributed by atoms with E-state index in [0.717, 1.165) is 0 Å². The highest BCUT2D eigenvalue weighted by Gasteiger charge is 2.10. The summed E-state index contributed by atoms with van der Waals surface area (Å²) in [6.45, 7) is 1.79. The lowest BCUT2D eigenvalue weighted by atomic mass is 10.2. The molecule has 0 amide bonds. The average molecular weight is 246 g/mol. The summed E-state index contributed by atoms with van der Waals surface area (Å²) in [5.41, 5.74) is 5.63. The zero-order chi connectivity index (χ0) is 12.1. The Morgan fingerprint density at radius 3 is 3.00 bits per heavy atom. The quantitative estimate of drug-likeness (QED) is 0.330. The molecule has 0 aliphatic heterocycles. The van der Waals surface area contributed by atoms with Crippen LogP contribution in [0.15, 0.2) is 23.4 Å². The van der Waals surface area contributed by atoms with Crippen LogP contribution in [-0.2, 0) is 0 Å². The van der Waals surface area contributed by atoms with Crippen LogP contribution >= 0.6 is 11.6 Å². The van der Waals surface area contributed by atoms with Crippen molar-refractivity contribution < 1.29 is 9.60 Å². The maximum absolute atomic E-state index is 13.5. The van der Waals surface area contributed by atoms with Crippen molar-refractivity contribution in [3.63, 3.8) is 0 Å². The normalized spacial score (nSPS) is 13.6. The molecule has 0 bridgehead atoms. The van der Waals surface area contributed by atoms with Gasteiger partial charge < -0.3 is 16.3 Å². The van der Waals surface area contributed by atoms with Gasteiger partial charge >= 0.3 is 0 Å². The van der Waals surface area contributed by atoms with Gasteiger partial charge in [-0.2, -0.15) is 0 Å². The molecule has 1 aromatic rings. The first-order chi connectivity index (χ1) is 7.54. The summed E-state index contributed by atoms with van der Waals surface area (Å²) in [6.07, 6.45) is 0.308. The van der Waals surface area contributed by atoms with E-state index in [2.05, 4.69) is 10.5 Å². The Labute approximate surface area is 97.9 Å². The molecular weight excluding hydrogens is 233 g/mol. The number of nitrogens with one attached hydrogen (secondary N) is 1. The first kappa shape index (κ1) is 12.6. The largest absolute Gasteiger partial charge is 0.409 e. The fraction of sp³-hybridized carbons (Fsp3) is 0.300. The number of nitrogens with two attached hydrogens (primary N) is 1. The van der Waals surface area contributed by atoms with E-state index >= 15 is 0 Å². The van der Waals surface area contributed by atoms with Gasteiger partial charge in [-0.15, -0.1) is 0 Å². The third-order valence-electron chi connectivity index (χ3n) is 2.00. The molecule has 4 N–H and O–H groups in total. The van der Waals surface area contributed by atoms with Gasteiger partial charge in [-0.1, -0.05) is 22.8 Å². The van der Waals surface area contributed by atoms with Crippen LogP contribution in [0.2, 0.25) is 5.02 Å². The minimum atomic E-state index is -0.504. The average Bonchev–Trinajstić information content (AvgIpc) is 2.24. The van der Waals surface area contributed by atoms with Crippen molar-refractivity contribution in [3.8, 4) is 0 Å².